The molecule has 2 aromatic rings. The number of H-pyrrole nitrogens is 1. The minimum absolute atomic E-state index is 0.718. The number of pyridine rings is 1. The lowest BCUT2D eigenvalue weighted by Gasteiger charge is -1.91. The quantitative estimate of drug-likeness (QED) is 0.694. The number of aromatic nitrogens is 4. The van der Waals surface area contributed by atoms with Crippen molar-refractivity contribution >= 4 is 0 Å². The van der Waals surface area contributed by atoms with Crippen LogP contribution < -0.4 is 5.73 Å². The van der Waals surface area contributed by atoms with Gasteiger partial charge in [0, 0.05) is 18.0 Å². The average Bonchev–Trinajstić information content (AvgIpc) is 2.68. The van der Waals surface area contributed by atoms with Gasteiger partial charge in [-0.1, -0.05) is 0 Å². The van der Waals surface area contributed by atoms with Crippen molar-refractivity contribution in [3.63, 3.8) is 0 Å². The van der Waals surface area contributed by atoms with Crippen molar-refractivity contribution < 1.29 is 5.73 Å². The van der Waals surface area contributed by atoms with Crippen LogP contribution in [0.2, 0.25) is 0 Å². The van der Waals surface area contributed by atoms with E-state index < -0.39 is 0 Å². The second-order valence-electron chi connectivity index (χ2n) is 2.95. The Labute approximate surface area is 81.4 Å². The highest BCUT2D eigenvalue weighted by molar-refractivity contribution is 5.52. The molecule has 0 atom stereocenters. The molecule has 0 aliphatic carbocycles. The van der Waals surface area contributed by atoms with Crippen molar-refractivity contribution in [3.8, 4) is 11.4 Å². The Morgan fingerprint density at radius 3 is 2.79 bits per heavy atom. The number of nitrogens with one attached hydrogen (secondary N) is 1. The molecule has 5 heteroatoms. The van der Waals surface area contributed by atoms with Gasteiger partial charge in [-0.05, 0) is 12.1 Å². The summed E-state index contributed by atoms with van der Waals surface area (Å²) in [7, 11) is 0. The van der Waals surface area contributed by atoms with Gasteiger partial charge in [-0.2, -0.15) is 5.10 Å². The van der Waals surface area contributed by atoms with Crippen LogP contribution in [0.5, 0.6) is 0 Å². The van der Waals surface area contributed by atoms with E-state index in [0.29, 0.717) is 0 Å². The Hall–Kier alpha value is -1.75. The van der Waals surface area contributed by atoms with Gasteiger partial charge in [0.25, 0.3) is 0 Å². The molecule has 72 valence electrons. The lowest BCUT2D eigenvalue weighted by Crippen LogP contribution is -2.51. The lowest BCUT2D eigenvalue weighted by atomic mass is 10.2. The molecule has 0 radical (unpaired) electrons. The zero-order valence-electron chi connectivity index (χ0n) is 7.77. The molecule has 2 heterocycles. The maximum atomic E-state index is 4.34. The van der Waals surface area contributed by atoms with Crippen molar-refractivity contribution in [1.29, 1.82) is 0 Å². The molecule has 5 nitrogen and oxygen atoms in total. The highest BCUT2D eigenvalue weighted by Gasteiger charge is 2.04. The molecule has 0 bridgehead atoms. The standard InChI is InChI=1S/C9H11N5/c10-4-1-8-12-9(14-13-8)7-2-5-11-6-3-7/h2-3,5-6H,1,4,10H2,(H,12,13,14)/p+1. The monoisotopic (exact) mass is 190 g/mol. The predicted molar refractivity (Wildman–Crippen MR) is 51.1 cm³/mol. The number of aromatic amines is 1. The smallest absolute Gasteiger partial charge is 0.181 e. The average molecular weight is 190 g/mol. The van der Waals surface area contributed by atoms with Gasteiger partial charge in [0.1, 0.15) is 5.82 Å². The Kier molecular flexibility index (Phi) is 2.51. The maximum absolute atomic E-state index is 4.34. The molecular formula is C9H12N5+. The fraction of sp³-hybridized carbons (Fsp3) is 0.222. The largest absolute Gasteiger partial charge is 0.357 e. The molecule has 2 aromatic heterocycles. The summed E-state index contributed by atoms with van der Waals surface area (Å²) in [5.41, 5.74) is 4.74. The minimum atomic E-state index is 0.718. The van der Waals surface area contributed by atoms with Crippen LogP contribution in [0.3, 0.4) is 0 Å². The summed E-state index contributed by atoms with van der Waals surface area (Å²) in [6.45, 7) is 0.824. The summed E-state index contributed by atoms with van der Waals surface area (Å²) in [6, 6.07) is 3.77. The van der Waals surface area contributed by atoms with Crippen LogP contribution in [0, 0.1) is 0 Å². The van der Waals surface area contributed by atoms with Crippen molar-refractivity contribution in [3.05, 3.63) is 30.4 Å². The first-order chi connectivity index (χ1) is 6.90. The van der Waals surface area contributed by atoms with Crippen molar-refractivity contribution in [1.82, 2.24) is 20.2 Å². The highest BCUT2D eigenvalue weighted by atomic mass is 15.2. The normalized spacial score (nSPS) is 10.4. The van der Waals surface area contributed by atoms with Gasteiger partial charge in [-0.25, -0.2) is 4.98 Å². The summed E-state index contributed by atoms with van der Waals surface area (Å²) in [5.74, 6) is 1.60. The number of rotatable bonds is 3. The van der Waals surface area contributed by atoms with E-state index in [2.05, 4.69) is 25.9 Å². The van der Waals surface area contributed by atoms with Crippen LogP contribution in [0.1, 0.15) is 5.82 Å². The van der Waals surface area contributed by atoms with Gasteiger partial charge in [0.15, 0.2) is 5.82 Å². The van der Waals surface area contributed by atoms with Gasteiger partial charge < -0.3 is 5.73 Å². The topological polar surface area (TPSA) is 82.1 Å². The molecule has 4 N–H and O–H groups in total. The molecule has 0 saturated carbocycles. The SMILES string of the molecule is [NH3+]CCc1nc(-c2ccncc2)n[nH]1. The summed E-state index contributed by atoms with van der Waals surface area (Å²) in [4.78, 5) is 8.27. The number of hydrogen-bond acceptors (Lipinski definition) is 3. The summed E-state index contributed by atoms with van der Waals surface area (Å²) < 4.78 is 0. The van der Waals surface area contributed by atoms with Crippen molar-refractivity contribution in [2.75, 3.05) is 6.54 Å². The maximum Gasteiger partial charge on any atom is 0.181 e. The number of quaternary nitrogens is 1. The molecule has 2 rings (SSSR count). The Morgan fingerprint density at radius 1 is 1.29 bits per heavy atom. The van der Waals surface area contributed by atoms with Crippen molar-refractivity contribution in [2.24, 2.45) is 0 Å². The zero-order valence-corrected chi connectivity index (χ0v) is 7.77. The molecule has 0 unspecified atom stereocenters. The fourth-order valence-corrected chi connectivity index (χ4v) is 1.20. The van der Waals surface area contributed by atoms with E-state index >= 15 is 0 Å². The molecule has 14 heavy (non-hydrogen) atoms. The van der Waals surface area contributed by atoms with Crippen LogP contribution >= 0.6 is 0 Å². The van der Waals surface area contributed by atoms with Gasteiger partial charge in [-0.3, -0.25) is 10.1 Å². The molecular weight excluding hydrogens is 178 g/mol. The molecule has 0 spiro atoms. The third-order valence-electron chi connectivity index (χ3n) is 1.88. The second kappa shape index (κ2) is 3.97. The van der Waals surface area contributed by atoms with Gasteiger partial charge in [0.2, 0.25) is 0 Å². The first-order valence-electron chi connectivity index (χ1n) is 4.51. The van der Waals surface area contributed by atoms with E-state index in [4.69, 9.17) is 0 Å². The van der Waals surface area contributed by atoms with E-state index in [-0.39, 0.29) is 0 Å². The number of nitrogens with zero attached hydrogens (tertiary/aromatic N) is 3. The molecule has 0 amide bonds. The molecule has 0 aliphatic rings. The molecule has 0 fully saturated rings. The van der Waals surface area contributed by atoms with Crippen molar-refractivity contribution in [2.45, 2.75) is 6.42 Å². The van der Waals surface area contributed by atoms with Crippen LogP contribution in [-0.4, -0.2) is 26.7 Å². The van der Waals surface area contributed by atoms with Crippen LogP contribution in [0.25, 0.3) is 11.4 Å². The fourth-order valence-electron chi connectivity index (χ4n) is 1.20. The van der Waals surface area contributed by atoms with E-state index in [0.717, 1.165) is 30.2 Å². The Bertz CT molecular complexity index is 395. The van der Waals surface area contributed by atoms with Crippen LogP contribution in [-0.2, 0) is 6.42 Å². The highest BCUT2D eigenvalue weighted by Crippen LogP contribution is 2.11. The van der Waals surface area contributed by atoms with Crippen LogP contribution in [0.4, 0.5) is 0 Å². The van der Waals surface area contributed by atoms with Gasteiger partial charge in [0.05, 0.1) is 13.0 Å². The summed E-state index contributed by atoms with van der Waals surface area (Å²) in [6.07, 6.45) is 4.29. The second-order valence-corrected chi connectivity index (χ2v) is 2.95. The van der Waals surface area contributed by atoms with E-state index in [1.54, 1.807) is 12.4 Å². The summed E-state index contributed by atoms with van der Waals surface area (Å²) in [5, 5.41) is 7.00. The minimum Gasteiger partial charge on any atom is -0.357 e. The summed E-state index contributed by atoms with van der Waals surface area (Å²) >= 11 is 0. The third-order valence-corrected chi connectivity index (χ3v) is 1.88. The molecule has 0 saturated heterocycles. The third kappa shape index (κ3) is 1.77. The lowest BCUT2D eigenvalue weighted by molar-refractivity contribution is -0.366. The Morgan fingerprint density at radius 2 is 2.07 bits per heavy atom. The number of hydrogen-bond donors (Lipinski definition) is 2. The van der Waals surface area contributed by atoms with Gasteiger partial charge in [-0.15, -0.1) is 0 Å². The van der Waals surface area contributed by atoms with E-state index in [9.17, 15) is 0 Å². The predicted octanol–water partition coefficient (Wildman–Crippen LogP) is -0.349. The Balaban J connectivity index is 2.25. The first-order valence-corrected chi connectivity index (χ1v) is 4.51. The van der Waals surface area contributed by atoms with E-state index in [1.807, 2.05) is 12.1 Å². The van der Waals surface area contributed by atoms with E-state index in [1.165, 1.54) is 0 Å². The van der Waals surface area contributed by atoms with Gasteiger partial charge >= 0.3 is 0 Å². The molecule has 0 aliphatic heterocycles. The van der Waals surface area contributed by atoms with Crippen LogP contribution in [0.15, 0.2) is 24.5 Å². The zero-order chi connectivity index (χ0) is 9.80. The first kappa shape index (κ1) is 8.83. The molecule has 0 aromatic carbocycles.